The Labute approximate surface area is 96.4 Å². The van der Waals surface area contributed by atoms with Crippen molar-refractivity contribution < 1.29 is 15.1 Å². The summed E-state index contributed by atoms with van der Waals surface area (Å²) in [5.41, 5.74) is -0.982. The van der Waals surface area contributed by atoms with E-state index in [9.17, 15) is 10.0 Å². The molecule has 93 valence electrons. The van der Waals surface area contributed by atoms with Crippen LogP contribution in [0.1, 0.15) is 40.5 Å². The van der Waals surface area contributed by atoms with E-state index in [1.165, 1.54) is 0 Å². The second-order valence-corrected chi connectivity index (χ2v) is 5.75. The first-order valence-corrected chi connectivity index (χ1v) is 5.57. The van der Waals surface area contributed by atoms with Crippen LogP contribution in [0.4, 0.5) is 0 Å². The number of carbonyl (C=O) groups excluding carboxylic acids is 1. The maximum atomic E-state index is 12.0. The van der Waals surface area contributed by atoms with Gasteiger partial charge in [0.05, 0.1) is 0 Å². The summed E-state index contributed by atoms with van der Waals surface area (Å²) in [6, 6.07) is -0.0464. The van der Waals surface area contributed by atoms with Gasteiger partial charge in [-0.1, -0.05) is 0 Å². The van der Waals surface area contributed by atoms with E-state index in [4.69, 9.17) is 5.11 Å². The predicted octanol–water partition coefficient (Wildman–Crippen LogP) is 0.462. The maximum absolute atomic E-state index is 12.0. The minimum absolute atomic E-state index is 0.0464. The average Bonchev–Trinajstić information content (AvgIpc) is 2.13. The molecule has 0 saturated carbocycles. The molecule has 0 aliphatic carbocycles. The minimum atomic E-state index is -0.502. The first kappa shape index (κ1) is 13.4. The van der Waals surface area contributed by atoms with Crippen molar-refractivity contribution in [3.05, 3.63) is 0 Å². The zero-order valence-corrected chi connectivity index (χ0v) is 10.4. The Kier molecular flexibility index (Phi) is 3.62. The molecule has 1 radical (unpaired) electrons. The van der Waals surface area contributed by atoms with Crippen LogP contribution in [0.2, 0.25) is 0 Å². The van der Waals surface area contributed by atoms with E-state index in [-0.39, 0.29) is 11.9 Å². The highest BCUT2D eigenvalue weighted by atomic mass is 16.5. The van der Waals surface area contributed by atoms with E-state index in [1.807, 2.05) is 27.7 Å². The molecule has 0 aromatic heterocycles. The summed E-state index contributed by atoms with van der Waals surface area (Å²) in [6.45, 7) is 6.99. The lowest BCUT2D eigenvalue weighted by molar-refractivity contribution is -0.290. The molecule has 1 saturated heterocycles. The lowest BCUT2D eigenvalue weighted by atomic mass is 9.79. The highest BCUT2D eigenvalue weighted by Gasteiger charge is 2.46. The monoisotopic (exact) mass is 229 g/mol. The third kappa shape index (κ3) is 2.72. The Hall–Kier alpha value is -0.650. The summed E-state index contributed by atoms with van der Waals surface area (Å²) >= 11 is 0. The van der Waals surface area contributed by atoms with Crippen LogP contribution in [0.5, 0.6) is 0 Å². The van der Waals surface area contributed by atoms with Gasteiger partial charge in [0.25, 0.3) is 0 Å². The molecule has 1 rings (SSSR count). The van der Waals surface area contributed by atoms with Gasteiger partial charge in [0, 0.05) is 17.1 Å². The Bertz CT molecular complexity index is 258. The number of amides is 1. The second-order valence-electron chi connectivity index (χ2n) is 5.75. The second kappa shape index (κ2) is 4.31. The molecule has 0 atom stereocenters. The third-order valence-electron chi connectivity index (χ3n) is 3.10. The Morgan fingerprint density at radius 2 is 1.75 bits per heavy atom. The summed E-state index contributed by atoms with van der Waals surface area (Å²) in [7, 11) is 0. The van der Waals surface area contributed by atoms with E-state index in [0.717, 1.165) is 5.06 Å². The van der Waals surface area contributed by atoms with Crippen LogP contribution < -0.4 is 5.32 Å². The molecule has 16 heavy (non-hydrogen) atoms. The summed E-state index contributed by atoms with van der Waals surface area (Å²) in [5, 5.41) is 24.6. The standard InChI is InChI=1S/C11H21N2O3/c1-10(2)5-8(12-9(15)7-14)6-11(3,4)13(10)16/h8,14H,5-7H2,1-4H3,(H,12,15). The fraction of sp³-hybridized carbons (Fsp3) is 0.909. The minimum Gasteiger partial charge on any atom is -0.387 e. The fourth-order valence-corrected chi connectivity index (χ4v) is 2.64. The molecule has 0 aromatic rings. The molecule has 2 N–H and O–H groups in total. The topological polar surface area (TPSA) is 72.5 Å². The summed E-state index contributed by atoms with van der Waals surface area (Å²) in [6.07, 6.45) is 1.21. The number of hydrogen-bond acceptors (Lipinski definition) is 3. The van der Waals surface area contributed by atoms with E-state index >= 15 is 0 Å². The van der Waals surface area contributed by atoms with E-state index < -0.39 is 17.7 Å². The number of hydroxylamine groups is 2. The van der Waals surface area contributed by atoms with Crippen molar-refractivity contribution >= 4 is 5.91 Å². The number of aliphatic hydroxyl groups is 1. The molecule has 5 heteroatoms. The number of carbonyl (C=O) groups is 1. The van der Waals surface area contributed by atoms with Crippen LogP contribution >= 0.6 is 0 Å². The molecule has 0 bridgehead atoms. The van der Waals surface area contributed by atoms with Gasteiger partial charge in [0.2, 0.25) is 5.91 Å². The molecule has 1 fully saturated rings. The van der Waals surface area contributed by atoms with E-state index in [2.05, 4.69) is 5.32 Å². The lowest BCUT2D eigenvalue weighted by Gasteiger charge is -2.49. The van der Waals surface area contributed by atoms with Gasteiger partial charge in [-0.05, 0) is 40.5 Å². The molecule has 0 aromatic carbocycles. The molecular formula is C11H21N2O3. The van der Waals surface area contributed by atoms with Gasteiger partial charge >= 0.3 is 0 Å². The highest BCUT2D eigenvalue weighted by Crippen LogP contribution is 2.36. The van der Waals surface area contributed by atoms with Crippen molar-refractivity contribution in [3.63, 3.8) is 0 Å². The fourth-order valence-electron chi connectivity index (χ4n) is 2.64. The normalized spacial score (nSPS) is 25.4. The maximum Gasteiger partial charge on any atom is 0.245 e. The summed E-state index contributed by atoms with van der Waals surface area (Å²) in [4.78, 5) is 11.1. The Balaban J connectivity index is 2.75. The largest absolute Gasteiger partial charge is 0.387 e. The van der Waals surface area contributed by atoms with Crippen molar-refractivity contribution in [2.75, 3.05) is 6.61 Å². The predicted molar refractivity (Wildman–Crippen MR) is 58.9 cm³/mol. The van der Waals surface area contributed by atoms with Crippen molar-refractivity contribution in [1.82, 2.24) is 10.4 Å². The molecule has 0 spiro atoms. The molecule has 1 aliphatic heterocycles. The number of nitrogens with zero attached hydrogens (tertiary/aromatic N) is 1. The van der Waals surface area contributed by atoms with E-state index in [1.54, 1.807) is 0 Å². The zero-order valence-electron chi connectivity index (χ0n) is 10.4. The molecule has 0 unspecified atom stereocenters. The van der Waals surface area contributed by atoms with Gasteiger partial charge in [0.15, 0.2) is 0 Å². The molecule has 5 nitrogen and oxygen atoms in total. The van der Waals surface area contributed by atoms with Crippen LogP contribution in [-0.4, -0.2) is 39.8 Å². The Morgan fingerprint density at radius 3 is 2.12 bits per heavy atom. The number of aliphatic hydroxyl groups excluding tert-OH is 1. The lowest BCUT2D eigenvalue weighted by Crippen LogP contribution is -2.62. The third-order valence-corrected chi connectivity index (χ3v) is 3.10. The van der Waals surface area contributed by atoms with E-state index in [0.29, 0.717) is 12.8 Å². The van der Waals surface area contributed by atoms with Crippen LogP contribution in [-0.2, 0) is 10.0 Å². The number of nitrogens with one attached hydrogen (secondary N) is 1. The van der Waals surface area contributed by atoms with Crippen LogP contribution in [0, 0.1) is 0 Å². The average molecular weight is 229 g/mol. The highest BCUT2D eigenvalue weighted by molar-refractivity contribution is 5.77. The quantitative estimate of drug-likeness (QED) is 0.722. The van der Waals surface area contributed by atoms with Gasteiger partial charge in [-0.25, -0.2) is 0 Å². The first-order chi connectivity index (χ1) is 7.19. The van der Waals surface area contributed by atoms with Gasteiger partial charge in [0.1, 0.15) is 6.61 Å². The first-order valence-electron chi connectivity index (χ1n) is 5.57. The molecule has 1 heterocycles. The van der Waals surface area contributed by atoms with Crippen LogP contribution in [0.15, 0.2) is 0 Å². The summed E-state index contributed by atoms with van der Waals surface area (Å²) < 4.78 is 0. The van der Waals surface area contributed by atoms with Crippen molar-refractivity contribution in [2.24, 2.45) is 0 Å². The van der Waals surface area contributed by atoms with Crippen LogP contribution in [0.25, 0.3) is 0 Å². The zero-order chi connectivity index (χ0) is 12.6. The van der Waals surface area contributed by atoms with Gasteiger partial charge < -0.3 is 10.4 Å². The van der Waals surface area contributed by atoms with Crippen molar-refractivity contribution in [1.29, 1.82) is 0 Å². The number of rotatable bonds is 2. The van der Waals surface area contributed by atoms with Crippen molar-refractivity contribution in [3.8, 4) is 0 Å². The van der Waals surface area contributed by atoms with Crippen LogP contribution in [0.3, 0.4) is 0 Å². The number of piperidine rings is 1. The number of hydrogen-bond donors (Lipinski definition) is 2. The van der Waals surface area contributed by atoms with Crippen molar-refractivity contribution in [2.45, 2.75) is 57.7 Å². The van der Waals surface area contributed by atoms with Gasteiger partial charge in [-0.2, -0.15) is 0 Å². The Morgan fingerprint density at radius 1 is 1.31 bits per heavy atom. The van der Waals surface area contributed by atoms with Gasteiger partial charge in [-0.15, -0.1) is 10.3 Å². The smallest absolute Gasteiger partial charge is 0.245 e. The summed E-state index contributed by atoms with van der Waals surface area (Å²) in [5.74, 6) is -0.379. The van der Waals surface area contributed by atoms with Gasteiger partial charge in [-0.3, -0.25) is 4.79 Å². The SMILES string of the molecule is CC1(C)CC(NC(=O)CO)CC(C)(C)N1[O]. The molecular weight excluding hydrogens is 208 g/mol. The molecule has 1 aliphatic rings. The molecule has 1 amide bonds.